The summed E-state index contributed by atoms with van der Waals surface area (Å²) in [7, 11) is 0. The summed E-state index contributed by atoms with van der Waals surface area (Å²) >= 11 is 0. The Morgan fingerprint density at radius 1 is 1.12 bits per heavy atom. The van der Waals surface area contributed by atoms with Crippen molar-refractivity contribution in [2.24, 2.45) is 0 Å². The molecule has 1 N–H and O–H groups in total. The molecule has 3 aromatic rings. The molecule has 8 nitrogen and oxygen atoms in total. The maximum Gasteiger partial charge on any atom is 0.273 e. The van der Waals surface area contributed by atoms with Crippen LogP contribution < -0.4 is 5.32 Å². The molecule has 0 saturated carbocycles. The van der Waals surface area contributed by atoms with Crippen molar-refractivity contribution in [2.45, 2.75) is 45.7 Å². The Bertz CT molecular complexity index is 910. The van der Waals surface area contributed by atoms with Gasteiger partial charge < -0.3 is 9.88 Å². The largest absolute Gasteiger partial charge is 0.343 e. The van der Waals surface area contributed by atoms with E-state index >= 15 is 0 Å². The molecule has 26 heavy (non-hydrogen) atoms. The number of hydrogen-bond acceptors (Lipinski definition) is 5. The molecule has 0 unspecified atom stereocenters. The maximum atomic E-state index is 12.4. The molecule has 1 aliphatic rings. The first-order chi connectivity index (χ1) is 12.7. The molecule has 0 atom stereocenters. The lowest BCUT2D eigenvalue weighted by Gasteiger charge is -2.07. The van der Waals surface area contributed by atoms with E-state index in [0.717, 1.165) is 43.1 Å². The Morgan fingerprint density at radius 3 is 2.81 bits per heavy atom. The molecular formula is C18H21N7O. The lowest BCUT2D eigenvalue weighted by molar-refractivity contribution is 0.0944. The van der Waals surface area contributed by atoms with Gasteiger partial charge in [0.05, 0.1) is 18.4 Å². The SMILES string of the molecule is Cc1ccc(-n2cc(C(=O)NCc3nnc4n3CCCCC4)nn2)cc1. The Kier molecular flexibility index (Phi) is 4.47. The van der Waals surface area contributed by atoms with Gasteiger partial charge in [-0.3, -0.25) is 4.79 Å². The van der Waals surface area contributed by atoms with Crippen molar-refractivity contribution in [3.05, 3.63) is 53.4 Å². The van der Waals surface area contributed by atoms with Crippen molar-refractivity contribution in [2.75, 3.05) is 0 Å². The third-order valence-corrected chi connectivity index (χ3v) is 4.62. The predicted octanol–water partition coefficient (Wildman–Crippen LogP) is 1.82. The van der Waals surface area contributed by atoms with Crippen molar-refractivity contribution in [3.63, 3.8) is 0 Å². The Morgan fingerprint density at radius 2 is 1.96 bits per heavy atom. The summed E-state index contributed by atoms with van der Waals surface area (Å²) in [5.41, 5.74) is 2.31. The van der Waals surface area contributed by atoms with Crippen LogP contribution >= 0.6 is 0 Å². The van der Waals surface area contributed by atoms with E-state index in [-0.39, 0.29) is 11.6 Å². The molecule has 0 radical (unpaired) electrons. The average molecular weight is 351 g/mol. The molecule has 0 fully saturated rings. The van der Waals surface area contributed by atoms with Crippen LogP contribution in [0.5, 0.6) is 0 Å². The molecule has 0 bridgehead atoms. The third kappa shape index (κ3) is 3.35. The van der Waals surface area contributed by atoms with Crippen molar-refractivity contribution >= 4 is 5.91 Å². The molecule has 0 aliphatic carbocycles. The van der Waals surface area contributed by atoms with Gasteiger partial charge >= 0.3 is 0 Å². The van der Waals surface area contributed by atoms with Gasteiger partial charge in [0.1, 0.15) is 5.82 Å². The summed E-state index contributed by atoms with van der Waals surface area (Å²) < 4.78 is 3.72. The fourth-order valence-corrected chi connectivity index (χ4v) is 3.12. The zero-order chi connectivity index (χ0) is 17.9. The minimum Gasteiger partial charge on any atom is -0.343 e. The topological polar surface area (TPSA) is 90.5 Å². The highest BCUT2D eigenvalue weighted by atomic mass is 16.2. The van der Waals surface area contributed by atoms with E-state index in [2.05, 4.69) is 30.4 Å². The van der Waals surface area contributed by atoms with Crippen LogP contribution in [0.1, 0.15) is 47.0 Å². The first kappa shape index (κ1) is 16.4. The van der Waals surface area contributed by atoms with Crippen molar-refractivity contribution in [1.82, 2.24) is 35.1 Å². The van der Waals surface area contributed by atoms with E-state index in [0.29, 0.717) is 6.54 Å². The zero-order valence-corrected chi connectivity index (χ0v) is 14.7. The number of rotatable bonds is 4. The van der Waals surface area contributed by atoms with Crippen LogP contribution in [0.4, 0.5) is 0 Å². The smallest absolute Gasteiger partial charge is 0.273 e. The monoisotopic (exact) mass is 351 g/mol. The van der Waals surface area contributed by atoms with E-state index in [1.54, 1.807) is 10.9 Å². The molecular weight excluding hydrogens is 330 g/mol. The van der Waals surface area contributed by atoms with E-state index in [4.69, 9.17) is 0 Å². The van der Waals surface area contributed by atoms with Gasteiger partial charge in [-0.1, -0.05) is 29.3 Å². The second-order valence-corrected chi connectivity index (χ2v) is 6.56. The lowest BCUT2D eigenvalue weighted by atomic mass is 10.2. The van der Waals surface area contributed by atoms with E-state index in [1.807, 2.05) is 31.2 Å². The summed E-state index contributed by atoms with van der Waals surface area (Å²) in [6.07, 6.45) is 6.05. The molecule has 4 rings (SSSR count). The summed E-state index contributed by atoms with van der Waals surface area (Å²) in [6, 6.07) is 7.87. The van der Waals surface area contributed by atoms with Crippen LogP contribution in [-0.4, -0.2) is 35.7 Å². The molecule has 0 saturated heterocycles. The first-order valence-corrected chi connectivity index (χ1v) is 8.89. The second kappa shape index (κ2) is 7.07. The van der Waals surface area contributed by atoms with Gasteiger partial charge in [0, 0.05) is 13.0 Å². The number of fused-ring (bicyclic) bond motifs is 1. The van der Waals surface area contributed by atoms with Crippen molar-refractivity contribution in [1.29, 1.82) is 0 Å². The molecule has 0 spiro atoms. The van der Waals surface area contributed by atoms with Gasteiger partial charge in [0.25, 0.3) is 5.91 Å². The van der Waals surface area contributed by atoms with Gasteiger partial charge in [0.15, 0.2) is 11.5 Å². The van der Waals surface area contributed by atoms with Gasteiger partial charge in [-0.25, -0.2) is 4.68 Å². The zero-order valence-electron chi connectivity index (χ0n) is 14.7. The normalized spacial score (nSPS) is 13.9. The number of hydrogen-bond donors (Lipinski definition) is 1. The standard InChI is InChI=1S/C18H21N7O/c1-13-6-8-14(9-7-13)25-12-15(20-23-25)18(26)19-11-17-22-21-16-5-3-2-4-10-24(16)17/h6-9,12H,2-5,10-11H2,1H3,(H,19,26). The van der Waals surface area contributed by atoms with Gasteiger partial charge in [-0.05, 0) is 31.9 Å². The Hall–Kier alpha value is -3.03. The van der Waals surface area contributed by atoms with Crippen LogP contribution in [0.25, 0.3) is 5.69 Å². The summed E-state index contributed by atoms with van der Waals surface area (Å²) in [5, 5.41) is 19.4. The molecule has 2 aromatic heterocycles. The van der Waals surface area contributed by atoms with Crippen molar-refractivity contribution < 1.29 is 4.79 Å². The number of carbonyl (C=O) groups excluding carboxylic acids is 1. The predicted molar refractivity (Wildman–Crippen MR) is 94.8 cm³/mol. The van der Waals surface area contributed by atoms with Crippen LogP contribution in [0.2, 0.25) is 0 Å². The van der Waals surface area contributed by atoms with Crippen molar-refractivity contribution in [3.8, 4) is 5.69 Å². The van der Waals surface area contributed by atoms with E-state index in [1.165, 1.54) is 12.0 Å². The minimum absolute atomic E-state index is 0.269. The second-order valence-electron chi connectivity index (χ2n) is 6.56. The summed E-state index contributed by atoms with van der Waals surface area (Å²) in [5.74, 6) is 1.53. The molecule has 134 valence electrons. The average Bonchev–Trinajstić information content (AvgIpc) is 3.22. The number of nitrogens with one attached hydrogen (secondary N) is 1. The minimum atomic E-state index is -0.269. The first-order valence-electron chi connectivity index (χ1n) is 8.89. The summed E-state index contributed by atoms with van der Waals surface area (Å²) in [6.45, 7) is 3.27. The third-order valence-electron chi connectivity index (χ3n) is 4.62. The van der Waals surface area contributed by atoms with Crippen LogP contribution in [0, 0.1) is 6.92 Å². The van der Waals surface area contributed by atoms with Gasteiger partial charge in [-0.2, -0.15) is 0 Å². The number of amides is 1. The Balaban J connectivity index is 1.43. The quantitative estimate of drug-likeness (QED) is 0.774. The molecule has 1 aliphatic heterocycles. The molecule has 1 amide bonds. The number of benzene rings is 1. The summed E-state index contributed by atoms with van der Waals surface area (Å²) in [4.78, 5) is 12.4. The number of aryl methyl sites for hydroxylation is 2. The van der Waals surface area contributed by atoms with Gasteiger partial charge in [0.2, 0.25) is 0 Å². The highest BCUT2D eigenvalue weighted by Crippen LogP contribution is 2.14. The number of aromatic nitrogens is 6. The van der Waals surface area contributed by atoms with Gasteiger partial charge in [-0.15, -0.1) is 15.3 Å². The van der Waals surface area contributed by atoms with Crippen LogP contribution in [-0.2, 0) is 19.5 Å². The highest BCUT2D eigenvalue weighted by molar-refractivity contribution is 5.91. The van der Waals surface area contributed by atoms with Crippen LogP contribution in [0.15, 0.2) is 30.5 Å². The maximum absolute atomic E-state index is 12.4. The molecule has 3 heterocycles. The highest BCUT2D eigenvalue weighted by Gasteiger charge is 2.17. The lowest BCUT2D eigenvalue weighted by Crippen LogP contribution is -2.25. The fourth-order valence-electron chi connectivity index (χ4n) is 3.12. The number of carbonyl (C=O) groups is 1. The van der Waals surface area contributed by atoms with Crippen LogP contribution in [0.3, 0.4) is 0 Å². The molecule has 8 heteroatoms. The fraction of sp³-hybridized carbons (Fsp3) is 0.389. The number of nitrogens with zero attached hydrogens (tertiary/aromatic N) is 6. The van der Waals surface area contributed by atoms with E-state index in [9.17, 15) is 4.79 Å². The Labute approximate surface area is 151 Å². The molecule has 1 aromatic carbocycles. The van der Waals surface area contributed by atoms with E-state index < -0.39 is 0 Å².